The minimum atomic E-state index is -4.68. The summed E-state index contributed by atoms with van der Waals surface area (Å²) in [5, 5.41) is 0. The number of hydrogen-bond acceptors (Lipinski definition) is 5. The molecule has 0 saturated carbocycles. The molecule has 0 aromatic heterocycles. The summed E-state index contributed by atoms with van der Waals surface area (Å²) < 4.78 is 44.5. The molecule has 0 fully saturated rings. The zero-order valence-electron chi connectivity index (χ0n) is 18.9. The van der Waals surface area contributed by atoms with Gasteiger partial charge in [0.05, 0.1) is 0 Å². The molecule has 1 unspecified atom stereocenters. The number of ether oxygens (including phenoxy) is 1. The molecule has 0 saturated heterocycles. The van der Waals surface area contributed by atoms with Crippen molar-refractivity contribution in [2.24, 2.45) is 5.92 Å². The maximum atomic E-state index is 12.4. The number of carbonyl (C=O) groups excluding carboxylic acids is 1. The van der Waals surface area contributed by atoms with E-state index in [0.717, 1.165) is 63.6 Å². The van der Waals surface area contributed by atoms with Crippen molar-refractivity contribution in [2.45, 2.75) is 56.8 Å². The monoisotopic (exact) mass is 480 g/mol. The predicted octanol–water partition coefficient (Wildman–Crippen LogP) is 5.79. The second-order valence-electron chi connectivity index (χ2n) is 8.37. The van der Waals surface area contributed by atoms with E-state index in [-0.39, 0.29) is 11.7 Å². The Morgan fingerprint density at radius 1 is 1.12 bits per heavy atom. The van der Waals surface area contributed by atoms with E-state index in [4.69, 9.17) is 0 Å². The van der Waals surface area contributed by atoms with Crippen LogP contribution >= 0.6 is 11.9 Å². The van der Waals surface area contributed by atoms with Gasteiger partial charge in [0.25, 0.3) is 0 Å². The van der Waals surface area contributed by atoms with Crippen LogP contribution in [0.5, 0.6) is 5.75 Å². The van der Waals surface area contributed by atoms with Gasteiger partial charge in [-0.25, -0.2) is 0 Å². The van der Waals surface area contributed by atoms with Crippen molar-refractivity contribution in [3.8, 4) is 5.75 Å². The predicted molar refractivity (Wildman–Crippen MR) is 125 cm³/mol. The van der Waals surface area contributed by atoms with Crippen molar-refractivity contribution in [3.05, 3.63) is 59.2 Å². The number of alkyl halides is 3. The SMILES string of the molecule is CCCCCN(CCNSc1cccc2c1CC(C=O)C2)Cc1ccc(OC(F)(F)F)cc1. The molecule has 0 amide bonds. The number of fused-ring (bicyclic) bond motifs is 1. The van der Waals surface area contributed by atoms with Crippen molar-refractivity contribution in [1.29, 1.82) is 0 Å². The van der Waals surface area contributed by atoms with Crippen LogP contribution in [0.1, 0.15) is 42.9 Å². The lowest BCUT2D eigenvalue weighted by atomic mass is 10.1. The normalized spacial score (nSPS) is 15.6. The quantitative estimate of drug-likeness (QED) is 0.223. The molecule has 0 radical (unpaired) electrons. The summed E-state index contributed by atoms with van der Waals surface area (Å²) in [5.41, 5.74) is 3.49. The third-order valence-electron chi connectivity index (χ3n) is 5.72. The lowest BCUT2D eigenvalue weighted by molar-refractivity contribution is -0.274. The van der Waals surface area contributed by atoms with Gasteiger partial charge in [-0.15, -0.1) is 13.2 Å². The number of rotatable bonds is 13. The van der Waals surface area contributed by atoms with E-state index in [1.807, 2.05) is 6.07 Å². The molecule has 33 heavy (non-hydrogen) atoms. The second kappa shape index (κ2) is 12.4. The van der Waals surface area contributed by atoms with Gasteiger partial charge in [-0.1, -0.05) is 44.0 Å². The maximum absolute atomic E-state index is 12.4. The van der Waals surface area contributed by atoms with Crippen molar-refractivity contribution in [2.75, 3.05) is 19.6 Å². The van der Waals surface area contributed by atoms with Gasteiger partial charge < -0.3 is 9.53 Å². The zero-order chi connectivity index (χ0) is 23.7. The average Bonchev–Trinajstić information content (AvgIpc) is 3.21. The summed E-state index contributed by atoms with van der Waals surface area (Å²) >= 11 is 1.61. The summed E-state index contributed by atoms with van der Waals surface area (Å²) in [6.07, 6.45) is 1.36. The van der Waals surface area contributed by atoms with Crippen LogP contribution in [0.15, 0.2) is 47.4 Å². The molecule has 1 atom stereocenters. The van der Waals surface area contributed by atoms with E-state index in [9.17, 15) is 18.0 Å². The Morgan fingerprint density at radius 2 is 1.91 bits per heavy atom. The molecule has 0 spiro atoms. The Labute approximate surface area is 198 Å². The van der Waals surface area contributed by atoms with Gasteiger partial charge in [0.1, 0.15) is 12.0 Å². The number of hydrogen-bond donors (Lipinski definition) is 1. The molecule has 1 aliphatic carbocycles. The first kappa shape index (κ1) is 25.6. The van der Waals surface area contributed by atoms with Gasteiger partial charge in [0, 0.05) is 30.4 Å². The number of halogens is 3. The van der Waals surface area contributed by atoms with E-state index in [0.29, 0.717) is 6.54 Å². The van der Waals surface area contributed by atoms with Crippen LogP contribution in [0.3, 0.4) is 0 Å². The average molecular weight is 481 g/mol. The summed E-state index contributed by atoms with van der Waals surface area (Å²) in [4.78, 5) is 14.7. The minimum absolute atomic E-state index is 0.0868. The van der Waals surface area contributed by atoms with Crippen LogP contribution in [0, 0.1) is 5.92 Å². The number of carbonyl (C=O) groups is 1. The van der Waals surface area contributed by atoms with Crippen molar-refractivity contribution >= 4 is 18.2 Å². The standard InChI is InChI=1S/C25H31F3N2O2S/c1-2-3-4-13-30(17-19-8-10-22(11-9-19)32-25(26,27)28)14-12-29-33-24-7-5-6-21-15-20(18-31)16-23(21)24/h5-11,18,20,29H,2-4,12-17H2,1H3. The largest absolute Gasteiger partial charge is 0.573 e. The summed E-state index contributed by atoms with van der Waals surface area (Å²) in [7, 11) is 0. The fraction of sp³-hybridized carbons (Fsp3) is 0.480. The third kappa shape index (κ3) is 8.36. The summed E-state index contributed by atoms with van der Waals surface area (Å²) in [5.74, 6) is -0.113. The molecule has 1 N–H and O–H groups in total. The first-order valence-electron chi connectivity index (χ1n) is 11.4. The van der Waals surface area contributed by atoms with Gasteiger partial charge >= 0.3 is 6.36 Å². The number of nitrogens with zero attached hydrogens (tertiary/aromatic N) is 1. The third-order valence-corrected chi connectivity index (χ3v) is 6.68. The molecule has 0 heterocycles. The summed E-state index contributed by atoms with van der Waals surface area (Å²) in [6.45, 7) is 5.36. The molecule has 0 aliphatic heterocycles. The highest BCUT2D eigenvalue weighted by molar-refractivity contribution is 7.97. The number of nitrogens with one attached hydrogen (secondary N) is 1. The summed E-state index contributed by atoms with van der Waals surface area (Å²) in [6, 6.07) is 12.3. The van der Waals surface area contributed by atoms with Gasteiger partial charge in [-0.3, -0.25) is 9.62 Å². The molecule has 1 aliphatic rings. The maximum Gasteiger partial charge on any atom is 0.573 e. The second-order valence-corrected chi connectivity index (χ2v) is 9.30. The van der Waals surface area contributed by atoms with Crippen LogP contribution in [0.2, 0.25) is 0 Å². The van der Waals surface area contributed by atoms with Gasteiger partial charge in [0.15, 0.2) is 0 Å². The lowest BCUT2D eigenvalue weighted by Crippen LogP contribution is -2.30. The Kier molecular flexibility index (Phi) is 9.64. The van der Waals surface area contributed by atoms with Gasteiger partial charge in [0.2, 0.25) is 0 Å². The molecule has 180 valence electrons. The molecule has 4 nitrogen and oxygen atoms in total. The number of benzene rings is 2. The van der Waals surface area contributed by atoms with E-state index in [1.165, 1.54) is 28.2 Å². The smallest absolute Gasteiger partial charge is 0.406 e. The first-order valence-corrected chi connectivity index (χ1v) is 12.2. The van der Waals surface area contributed by atoms with Gasteiger partial charge in [-0.2, -0.15) is 0 Å². The van der Waals surface area contributed by atoms with E-state index in [1.54, 1.807) is 24.1 Å². The van der Waals surface area contributed by atoms with Crippen molar-refractivity contribution in [1.82, 2.24) is 9.62 Å². The lowest BCUT2D eigenvalue weighted by Gasteiger charge is -2.23. The topological polar surface area (TPSA) is 41.6 Å². The van der Waals surface area contributed by atoms with Crippen LogP contribution < -0.4 is 9.46 Å². The molecule has 0 bridgehead atoms. The molecular formula is C25H31F3N2O2S. The Balaban J connectivity index is 1.51. The van der Waals surface area contributed by atoms with E-state index < -0.39 is 6.36 Å². The number of unbranched alkanes of at least 4 members (excludes halogenated alkanes) is 2. The number of aldehydes is 1. The zero-order valence-corrected chi connectivity index (χ0v) is 19.7. The minimum Gasteiger partial charge on any atom is -0.406 e. The molecular weight excluding hydrogens is 449 g/mol. The van der Waals surface area contributed by atoms with E-state index >= 15 is 0 Å². The fourth-order valence-electron chi connectivity index (χ4n) is 4.09. The Bertz CT molecular complexity index is 890. The molecule has 3 rings (SSSR count). The highest BCUT2D eigenvalue weighted by Gasteiger charge is 2.31. The molecule has 2 aromatic carbocycles. The highest BCUT2D eigenvalue weighted by Crippen LogP contribution is 2.32. The Hall–Kier alpha value is -2.03. The Morgan fingerprint density at radius 3 is 2.61 bits per heavy atom. The van der Waals surface area contributed by atoms with Gasteiger partial charge in [-0.05, 0) is 72.6 Å². The van der Waals surface area contributed by atoms with Crippen LogP contribution in [0.4, 0.5) is 13.2 Å². The van der Waals surface area contributed by atoms with Crippen LogP contribution in [-0.2, 0) is 24.2 Å². The molecule has 8 heteroatoms. The first-order chi connectivity index (χ1) is 15.9. The van der Waals surface area contributed by atoms with E-state index in [2.05, 4.69) is 33.4 Å². The van der Waals surface area contributed by atoms with Crippen molar-refractivity contribution in [3.63, 3.8) is 0 Å². The highest BCUT2D eigenvalue weighted by atomic mass is 32.2. The van der Waals surface area contributed by atoms with Crippen molar-refractivity contribution < 1.29 is 22.7 Å². The molecule has 2 aromatic rings. The van der Waals surface area contributed by atoms with Crippen LogP contribution in [0.25, 0.3) is 0 Å². The van der Waals surface area contributed by atoms with Crippen LogP contribution in [-0.4, -0.2) is 37.2 Å². The fourth-order valence-corrected chi connectivity index (χ4v) is 4.92.